The molecule has 2 rings (SSSR count). The Kier molecular flexibility index (Phi) is 2.79. The van der Waals surface area contributed by atoms with Gasteiger partial charge in [0.15, 0.2) is 5.78 Å². The van der Waals surface area contributed by atoms with Crippen LogP contribution in [-0.4, -0.2) is 16.5 Å². The quantitative estimate of drug-likeness (QED) is 0.546. The number of ketones is 1. The van der Waals surface area contributed by atoms with Gasteiger partial charge in [-0.3, -0.25) is 4.79 Å². The van der Waals surface area contributed by atoms with Crippen molar-refractivity contribution in [1.82, 2.24) is 4.98 Å². The van der Waals surface area contributed by atoms with Crippen molar-refractivity contribution in [1.29, 1.82) is 0 Å². The predicted octanol–water partition coefficient (Wildman–Crippen LogP) is 2.73. The molecule has 0 N–H and O–H groups in total. The van der Waals surface area contributed by atoms with Crippen LogP contribution >= 0.6 is 23.4 Å². The molecule has 1 aromatic heterocycles. The molecule has 74 valence electrons. The van der Waals surface area contributed by atoms with Gasteiger partial charge in [0.1, 0.15) is 5.15 Å². The molecule has 14 heavy (non-hydrogen) atoms. The van der Waals surface area contributed by atoms with Crippen molar-refractivity contribution in [3.05, 3.63) is 28.0 Å². The molecule has 0 saturated carbocycles. The van der Waals surface area contributed by atoms with Gasteiger partial charge in [0.25, 0.3) is 0 Å². The van der Waals surface area contributed by atoms with Crippen LogP contribution in [0, 0.1) is 0 Å². The Balaban J connectivity index is 2.50. The van der Waals surface area contributed by atoms with Crippen molar-refractivity contribution in [2.45, 2.75) is 19.1 Å². The van der Waals surface area contributed by atoms with Gasteiger partial charge in [-0.25, -0.2) is 4.98 Å². The summed E-state index contributed by atoms with van der Waals surface area (Å²) in [6.45, 7) is 1.52. The molecule has 1 aliphatic heterocycles. The first-order valence-corrected chi connectivity index (χ1v) is 5.98. The molecule has 0 aromatic carbocycles. The zero-order valence-electron chi connectivity index (χ0n) is 7.84. The minimum Gasteiger partial charge on any atom is -0.294 e. The second-order valence-corrected chi connectivity index (χ2v) is 4.75. The van der Waals surface area contributed by atoms with Crippen LogP contribution in [0.3, 0.4) is 0 Å². The van der Waals surface area contributed by atoms with Crippen molar-refractivity contribution in [2.75, 3.05) is 5.75 Å². The summed E-state index contributed by atoms with van der Waals surface area (Å²) in [4.78, 5) is 15.5. The van der Waals surface area contributed by atoms with E-state index >= 15 is 0 Å². The number of halogens is 1. The number of hydrogen-bond acceptors (Lipinski definition) is 3. The summed E-state index contributed by atoms with van der Waals surface area (Å²) in [6, 6.07) is 1.89. The summed E-state index contributed by atoms with van der Waals surface area (Å²) < 4.78 is 0. The molecule has 0 unspecified atom stereocenters. The Bertz CT molecular complexity index is 392. The molecule has 0 saturated heterocycles. The summed E-state index contributed by atoms with van der Waals surface area (Å²) in [5, 5.41) is 0.350. The molecule has 1 aromatic rings. The Morgan fingerprint density at radius 2 is 2.43 bits per heavy atom. The number of aromatic nitrogens is 1. The van der Waals surface area contributed by atoms with E-state index in [0.29, 0.717) is 10.7 Å². The maximum Gasteiger partial charge on any atom is 0.162 e. The highest BCUT2D eigenvalue weighted by Crippen LogP contribution is 2.27. The first-order valence-electron chi connectivity index (χ1n) is 4.45. The van der Waals surface area contributed by atoms with E-state index in [1.54, 1.807) is 0 Å². The van der Waals surface area contributed by atoms with Gasteiger partial charge in [-0.15, -0.1) is 0 Å². The molecule has 2 nitrogen and oxygen atoms in total. The molecular weight excluding hydrogens is 218 g/mol. The van der Waals surface area contributed by atoms with Crippen LogP contribution in [0.25, 0.3) is 0 Å². The maximum absolute atomic E-state index is 11.2. The number of thioether (sulfide) groups is 1. The molecule has 0 amide bonds. The normalized spacial score (nSPS) is 15.0. The first-order chi connectivity index (χ1) is 6.68. The number of rotatable bonds is 1. The molecule has 0 radical (unpaired) electrons. The van der Waals surface area contributed by atoms with Crippen LogP contribution in [0.1, 0.15) is 28.5 Å². The summed E-state index contributed by atoms with van der Waals surface area (Å²) >= 11 is 7.79. The molecule has 0 atom stereocenters. The van der Waals surface area contributed by atoms with E-state index in [2.05, 4.69) is 4.98 Å². The van der Waals surface area contributed by atoms with Crippen molar-refractivity contribution < 1.29 is 4.79 Å². The largest absolute Gasteiger partial charge is 0.294 e. The monoisotopic (exact) mass is 227 g/mol. The number of Topliss-reactive ketones (excluding diaryl/α,β-unsaturated/α-hetero) is 1. The fourth-order valence-corrected chi connectivity index (χ4v) is 2.75. The van der Waals surface area contributed by atoms with Gasteiger partial charge in [-0.05, 0) is 30.7 Å². The highest BCUT2D eigenvalue weighted by atomic mass is 35.5. The molecule has 0 spiro atoms. The number of hydrogen-bond donors (Lipinski definition) is 0. The lowest BCUT2D eigenvalue weighted by atomic mass is 10.1. The average molecular weight is 228 g/mol. The lowest BCUT2D eigenvalue weighted by molar-refractivity contribution is 0.101. The van der Waals surface area contributed by atoms with Crippen molar-refractivity contribution >= 4 is 29.1 Å². The molecule has 0 aliphatic carbocycles. The number of fused-ring (bicyclic) bond motifs is 1. The summed E-state index contributed by atoms with van der Waals surface area (Å²) in [7, 11) is 0. The van der Waals surface area contributed by atoms with Crippen molar-refractivity contribution in [3.8, 4) is 0 Å². The fourth-order valence-electron chi connectivity index (χ4n) is 1.51. The minimum absolute atomic E-state index is 0.0131. The Morgan fingerprint density at radius 1 is 1.64 bits per heavy atom. The molecule has 2 heterocycles. The number of pyridine rings is 1. The number of aryl methyl sites for hydroxylation is 1. The van der Waals surface area contributed by atoms with E-state index in [1.807, 2.05) is 17.8 Å². The second-order valence-electron chi connectivity index (χ2n) is 3.29. The van der Waals surface area contributed by atoms with Crippen molar-refractivity contribution in [3.63, 3.8) is 0 Å². The Labute approximate surface area is 92.1 Å². The van der Waals surface area contributed by atoms with Crippen LogP contribution in [0.5, 0.6) is 0 Å². The van der Waals surface area contributed by atoms with Crippen LogP contribution in [0.4, 0.5) is 0 Å². The van der Waals surface area contributed by atoms with Gasteiger partial charge in [-0.2, -0.15) is 11.8 Å². The van der Waals surface area contributed by atoms with Crippen LogP contribution < -0.4 is 0 Å². The third kappa shape index (κ3) is 1.79. The molecule has 4 heteroatoms. The van der Waals surface area contributed by atoms with E-state index in [-0.39, 0.29) is 5.78 Å². The van der Waals surface area contributed by atoms with E-state index in [0.717, 1.165) is 29.2 Å². The van der Waals surface area contributed by atoms with E-state index in [1.165, 1.54) is 6.92 Å². The van der Waals surface area contributed by atoms with Gasteiger partial charge in [0.2, 0.25) is 0 Å². The maximum atomic E-state index is 11.2. The summed E-state index contributed by atoms with van der Waals surface area (Å²) in [6.07, 6.45) is 0.956. The number of carbonyl (C=O) groups is 1. The van der Waals surface area contributed by atoms with Gasteiger partial charge < -0.3 is 0 Å². The van der Waals surface area contributed by atoms with Crippen LogP contribution in [-0.2, 0) is 12.2 Å². The van der Waals surface area contributed by atoms with E-state index in [9.17, 15) is 4.79 Å². The van der Waals surface area contributed by atoms with Gasteiger partial charge in [0.05, 0.1) is 5.56 Å². The van der Waals surface area contributed by atoms with Crippen molar-refractivity contribution in [2.24, 2.45) is 0 Å². The fraction of sp³-hybridized carbons (Fsp3) is 0.400. The van der Waals surface area contributed by atoms with Crippen LogP contribution in [0.15, 0.2) is 6.07 Å². The van der Waals surface area contributed by atoms with Gasteiger partial charge in [0, 0.05) is 11.4 Å². The molecule has 0 bridgehead atoms. The zero-order chi connectivity index (χ0) is 10.1. The van der Waals surface area contributed by atoms with Gasteiger partial charge >= 0.3 is 0 Å². The summed E-state index contributed by atoms with van der Waals surface area (Å²) in [5.41, 5.74) is 2.77. The standard InChI is InChI=1S/C10H10ClNOS/c1-6(13)8-4-7-5-14-3-2-9(7)12-10(8)11/h4H,2-3,5H2,1H3. The SMILES string of the molecule is CC(=O)c1cc2c(nc1Cl)CCSC2. The van der Waals surface area contributed by atoms with E-state index in [4.69, 9.17) is 11.6 Å². The number of nitrogens with zero attached hydrogens (tertiary/aromatic N) is 1. The third-order valence-corrected chi connectivity index (χ3v) is 3.56. The third-order valence-electron chi connectivity index (χ3n) is 2.26. The lowest BCUT2D eigenvalue weighted by Gasteiger charge is -2.15. The minimum atomic E-state index is -0.0131. The second kappa shape index (κ2) is 3.91. The predicted molar refractivity (Wildman–Crippen MR) is 59.1 cm³/mol. The van der Waals surface area contributed by atoms with E-state index < -0.39 is 0 Å². The Hall–Kier alpha value is -0.540. The topological polar surface area (TPSA) is 30.0 Å². The molecule has 1 aliphatic rings. The molecule has 0 fully saturated rings. The highest BCUT2D eigenvalue weighted by molar-refractivity contribution is 7.98. The zero-order valence-corrected chi connectivity index (χ0v) is 9.41. The van der Waals surface area contributed by atoms with Crippen LogP contribution in [0.2, 0.25) is 5.15 Å². The summed E-state index contributed by atoms with van der Waals surface area (Å²) in [5.74, 6) is 2.02. The highest BCUT2D eigenvalue weighted by Gasteiger charge is 2.16. The Morgan fingerprint density at radius 3 is 3.14 bits per heavy atom. The first kappa shape index (κ1) is 9.99. The van der Waals surface area contributed by atoms with Gasteiger partial charge in [-0.1, -0.05) is 11.6 Å². The number of carbonyl (C=O) groups excluding carboxylic acids is 1. The average Bonchev–Trinajstić information content (AvgIpc) is 2.16. The smallest absolute Gasteiger partial charge is 0.162 e. The molecular formula is C10H10ClNOS. The lowest BCUT2D eigenvalue weighted by Crippen LogP contribution is -2.08.